The van der Waals surface area contributed by atoms with Gasteiger partial charge in [0.25, 0.3) is 5.69 Å². The standard InChI is InChI=1S/C16H17N3O4/c1-16(21,12-5-3-2-4-6-12)11-17-15(20)18-13-7-9-14(10-8-13)19(22)23/h2-10,21H,11H2,1H3,(H2,17,18,20). The summed E-state index contributed by atoms with van der Waals surface area (Å²) in [7, 11) is 0. The largest absolute Gasteiger partial charge is 0.384 e. The highest BCUT2D eigenvalue weighted by atomic mass is 16.6. The molecular formula is C16H17N3O4. The summed E-state index contributed by atoms with van der Waals surface area (Å²) in [6.07, 6.45) is 0. The molecule has 0 saturated carbocycles. The van der Waals surface area contributed by atoms with Gasteiger partial charge in [-0.05, 0) is 24.6 Å². The molecule has 7 nitrogen and oxygen atoms in total. The summed E-state index contributed by atoms with van der Waals surface area (Å²) in [4.78, 5) is 21.9. The Hall–Kier alpha value is -2.93. The minimum atomic E-state index is -1.20. The third-order valence-corrected chi connectivity index (χ3v) is 3.32. The number of benzene rings is 2. The van der Waals surface area contributed by atoms with Gasteiger partial charge >= 0.3 is 6.03 Å². The van der Waals surface area contributed by atoms with Crippen molar-refractivity contribution in [2.24, 2.45) is 0 Å². The van der Waals surface area contributed by atoms with E-state index in [9.17, 15) is 20.0 Å². The fourth-order valence-corrected chi connectivity index (χ4v) is 1.99. The summed E-state index contributed by atoms with van der Waals surface area (Å²) in [5.74, 6) is 0. The van der Waals surface area contributed by atoms with Gasteiger partial charge in [0, 0.05) is 17.8 Å². The fourth-order valence-electron chi connectivity index (χ4n) is 1.99. The van der Waals surface area contributed by atoms with E-state index < -0.39 is 16.6 Å². The van der Waals surface area contributed by atoms with Gasteiger partial charge in [0.05, 0.1) is 11.5 Å². The predicted molar refractivity (Wildman–Crippen MR) is 86.1 cm³/mol. The molecule has 2 rings (SSSR count). The number of nitro groups is 1. The van der Waals surface area contributed by atoms with Crippen LogP contribution in [0.4, 0.5) is 16.2 Å². The predicted octanol–water partition coefficient (Wildman–Crippen LogP) is 2.62. The molecule has 0 bridgehead atoms. The number of hydrogen-bond acceptors (Lipinski definition) is 4. The van der Waals surface area contributed by atoms with Crippen LogP contribution < -0.4 is 10.6 Å². The van der Waals surface area contributed by atoms with Crippen molar-refractivity contribution < 1.29 is 14.8 Å². The van der Waals surface area contributed by atoms with Crippen LogP contribution in [0.15, 0.2) is 54.6 Å². The summed E-state index contributed by atoms with van der Waals surface area (Å²) in [6, 6.07) is 14.0. The number of hydrogen-bond donors (Lipinski definition) is 3. The lowest BCUT2D eigenvalue weighted by molar-refractivity contribution is -0.384. The van der Waals surface area contributed by atoms with Gasteiger partial charge in [-0.2, -0.15) is 0 Å². The van der Waals surface area contributed by atoms with E-state index in [1.165, 1.54) is 24.3 Å². The Labute approximate surface area is 133 Å². The Morgan fingerprint density at radius 2 is 1.78 bits per heavy atom. The van der Waals surface area contributed by atoms with Crippen LogP contribution in [-0.2, 0) is 5.60 Å². The van der Waals surface area contributed by atoms with Crippen LogP contribution in [0, 0.1) is 10.1 Å². The van der Waals surface area contributed by atoms with Gasteiger partial charge < -0.3 is 15.7 Å². The van der Waals surface area contributed by atoms with Gasteiger partial charge in [-0.25, -0.2) is 4.79 Å². The summed E-state index contributed by atoms with van der Waals surface area (Å²) < 4.78 is 0. The molecular weight excluding hydrogens is 298 g/mol. The number of urea groups is 1. The van der Waals surface area contributed by atoms with Crippen LogP contribution in [0.25, 0.3) is 0 Å². The normalized spacial score (nSPS) is 13.0. The molecule has 0 fully saturated rings. The average Bonchev–Trinajstić information content (AvgIpc) is 2.54. The minimum absolute atomic E-state index is 0.0236. The number of carbonyl (C=O) groups excluding carboxylic acids is 1. The number of nitro benzene ring substituents is 1. The SMILES string of the molecule is CC(O)(CNC(=O)Nc1ccc([N+](=O)[O-])cc1)c1ccccc1. The number of carbonyl (C=O) groups is 1. The Kier molecular flexibility index (Phi) is 4.92. The summed E-state index contributed by atoms with van der Waals surface area (Å²) in [6.45, 7) is 1.63. The topological polar surface area (TPSA) is 104 Å². The van der Waals surface area contributed by atoms with Crippen LogP contribution in [0.1, 0.15) is 12.5 Å². The second kappa shape index (κ2) is 6.89. The van der Waals surface area contributed by atoms with Crippen LogP contribution in [-0.4, -0.2) is 22.6 Å². The average molecular weight is 315 g/mol. The van der Waals surface area contributed by atoms with Crippen molar-refractivity contribution in [2.75, 3.05) is 11.9 Å². The molecule has 1 atom stereocenters. The van der Waals surface area contributed by atoms with E-state index in [2.05, 4.69) is 10.6 Å². The first-order valence-electron chi connectivity index (χ1n) is 6.96. The Morgan fingerprint density at radius 3 is 2.35 bits per heavy atom. The van der Waals surface area contributed by atoms with Crippen LogP contribution in [0.2, 0.25) is 0 Å². The quantitative estimate of drug-likeness (QED) is 0.582. The molecule has 23 heavy (non-hydrogen) atoms. The lowest BCUT2D eigenvalue weighted by Gasteiger charge is -2.24. The van der Waals surface area contributed by atoms with E-state index in [1.54, 1.807) is 31.2 Å². The minimum Gasteiger partial charge on any atom is -0.384 e. The van der Waals surface area contributed by atoms with Crippen molar-refractivity contribution >= 4 is 17.4 Å². The monoisotopic (exact) mass is 315 g/mol. The highest BCUT2D eigenvalue weighted by Crippen LogP contribution is 2.19. The molecule has 0 heterocycles. The molecule has 0 aliphatic heterocycles. The number of rotatable bonds is 5. The number of anilines is 1. The fraction of sp³-hybridized carbons (Fsp3) is 0.188. The van der Waals surface area contributed by atoms with Crippen molar-refractivity contribution in [1.82, 2.24) is 5.32 Å². The van der Waals surface area contributed by atoms with Gasteiger partial charge in [0.2, 0.25) is 0 Å². The first-order chi connectivity index (χ1) is 10.9. The molecule has 0 spiro atoms. The zero-order valence-corrected chi connectivity index (χ0v) is 12.5. The summed E-state index contributed by atoms with van der Waals surface area (Å²) in [5, 5.41) is 26.1. The smallest absolute Gasteiger partial charge is 0.319 e. The molecule has 1 unspecified atom stereocenters. The highest BCUT2D eigenvalue weighted by Gasteiger charge is 2.23. The van der Waals surface area contributed by atoms with E-state index in [0.717, 1.165) is 0 Å². The molecule has 0 radical (unpaired) electrons. The number of nitrogens with zero attached hydrogens (tertiary/aromatic N) is 1. The number of nitrogens with one attached hydrogen (secondary N) is 2. The van der Waals surface area contributed by atoms with Gasteiger partial charge in [0.1, 0.15) is 5.60 Å². The third kappa shape index (κ3) is 4.52. The van der Waals surface area contributed by atoms with E-state index in [1.807, 2.05) is 6.07 Å². The van der Waals surface area contributed by atoms with Gasteiger partial charge in [0.15, 0.2) is 0 Å². The first-order valence-corrected chi connectivity index (χ1v) is 6.96. The molecule has 0 aromatic heterocycles. The van der Waals surface area contributed by atoms with Crippen molar-refractivity contribution in [3.8, 4) is 0 Å². The molecule has 2 amide bonds. The van der Waals surface area contributed by atoms with E-state index >= 15 is 0 Å². The molecule has 7 heteroatoms. The van der Waals surface area contributed by atoms with Crippen LogP contribution >= 0.6 is 0 Å². The van der Waals surface area contributed by atoms with Gasteiger partial charge in [-0.1, -0.05) is 30.3 Å². The molecule has 2 aromatic carbocycles. The number of non-ortho nitro benzene ring substituents is 1. The van der Waals surface area contributed by atoms with Crippen LogP contribution in [0.5, 0.6) is 0 Å². The lowest BCUT2D eigenvalue weighted by Crippen LogP contribution is -2.40. The summed E-state index contributed by atoms with van der Waals surface area (Å²) >= 11 is 0. The molecule has 0 aliphatic carbocycles. The van der Waals surface area contributed by atoms with E-state index in [-0.39, 0.29) is 12.2 Å². The molecule has 3 N–H and O–H groups in total. The second-order valence-electron chi connectivity index (χ2n) is 5.25. The van der Waals surface area contributed by atoms with Crippen LogP contribution in [0.3, 0.4) is 0 Å². The maximum Gasteiger partial charge on any atom is 0.319 e. The molecule has 2 aromatic rings. The number of amides is 2. The zero-order valence-electron chi connectivity index (χ0n) is 12.5. The molecule has 0 aliphatic rings. The molecule has 0 saturated heterocycles. The van der Waals surface area contributed by atoms with Crippen molar-refractivity contribution in [1.29, 1.82) is 0 Å². The maximum absolute atomic E-state index is 11.8. The lowest BCUT2D eigenvalue weighted by atomic mass is 9.96. The Morgan fingerprint density at radius 1 is 1.17 bits per heavy atom. The van der Waals surface area contributed by atoms with E-state index in [4.69, 9.17) is 0 Å². The zero-order chi connectivity index (χ0) is 16.9. The van der Waals surface area contributed by atoms with Gasteiger partial charge in [-0.3, -0.25) is 10.1 Å². The number of aliphatic hydroxyl groups is 1. The first kappa shape index (κ1) is 16.4. The van der Waals surface area contributed by atoms with Gasteiger partial charge in [-0.15, -0.1) is 0 Å². The Balaban J connectivity index is 1.91. The van der Waals surface area contributed by atoms with Crippen molar-refractivity contribution in [3.05, 3.63) is 70.3 Å². The Bertz CT molecular complexity index is 684. The van der Waals surface area contributed by atoms with Crippen molar-refractivity contribution in [2.45, 2.75) is 12.5 Å². The highest BCUT2D eigenvalue weighted by molar-refractivity contribution is 5.89. The maximum atomic E-state index is 11.8. The van der Waals surface area contributed by atoms with Crippen molar-refractivity contribution in [3.63, 3.8) is 0 Å². The molecule has 120 valence electrons. The third-order valence-electron chi connectivity index (χ3n) is 3.32. The second-order valence-corrected chi connectivity index (χ2v) is 5.25. The van der Waals surface area contributed by atoms with E-state index in [0.29, 0.717) is 11.3 Å². The summed E-state index contributed by atoms with van der Waals surface area (Å²) in [5.41, 5.74) is -0.139.